The largest absolute Gasteiger partial charge is 0.480 e. The Morgan fingerprint density at radius 1 is 1.78 bits per heavy atom. The fourth-order valence-electron chi connectivity index (χ4n) is 0.528. The molecule has 1 rings (SSSR count). The summed E-state index contributed by atoms with van der Waals surface area (Å²) in [5, 5.41) is 9.75. The third-order valence-corrected chi connectivity index (χ3v) is 1.65. The monoisotopic (exact) mass is 144 g/mol. The van der Waals surface area contributed by atoms with Crippen molar-refractivity contribution in [2.45, 2.75) is 5.03 Å². The summed E-state index contributed by atoms with van der Waals surface area (Å²) in [6, 6.07) is 0.0688. The van der Waals surface area contributed by atoms with E-state index in [4.69, 9.17) is 5.11 Å². The van der Waals surface area contributed by atoms with E-state index in [9.17, 15) is 0 Å². The smallest absolute Gasteiger partial charge is 0.294 e. The molecule has 0 bridgehead atoms. The van der Waals surface area contributed by atoms with Crippen LogP contribution in [0.3, 0.4) is 0 Å². The number of aromatic hydroxyl groups is 1. The quantitative estimate of drug-likeness (QED) is 0.594. The van der Waals surface area contributed by atoms with Gasteiger partial charge in [0, 0.05) is 13.2 Å². The number of aryl methyl sites for hydroxylation is 1. The minimum Gasteiger partial charge on any atom is -0.480 e. The highest BCUT2D eigenvalue weighted by molar-refractivity contribution is 7.98. The number of hydrogen-bond acceptors (Lipinski definition) is 3. The van der Waals surface area contributed by atoms with Crippen LogP contribution in [0.4, 0.5) is 0 Å². The number of nitrogens with zero attached hydrogens (tertiary/aromatic N) is 2. The Bertz CT molecular complexity index is 189. The molecule has 0 aliphatic rings. The van der Waals surface area contributed by atoms with Crippen molar-refractivity contribution >= 4 is 11.8 Å². The van der Waals surface area contributed by atoms with Gasteiger partial charge >= 0.3 is 0 Å². The fraction of sp³-hybridized carbons (Fsp3) is 0.400. The van der Waals surface area contributed by atoms with E-state index >= 15 is 0 Å². The Morgan fingerprint density at radius 3 is 2.67 bits per heavy atom. The van der Waals surface area contributed by atoms with Gasteiger partial charge in [-0.15, -0.1) is 11.8 Å². The highest BCUT2D eigenvalue weighted by atomic mass is 32.2. The van der Waals surface area contributed by atoms with Crippen LogP contribution >= 0.6 is 11.8 Å². The summed E-state index contributed by atoms with van der Waals surface area (Å²) in [7, 11) is 1.75. The van der Waals surface area contributed by atoms with Gasteiger partial charge in [0.25, 0.3) is 6.01 Å². The summed E-state index contributed by atoms with van der Waals surface area (Å²) in [5.74, 6) is 0. The van der Waals surface area contributed by atoms with Crippen LogP contribution in [0.2, 0.25) is 0 Å². The number of aromatic nitrogens is 2. The lowest BCUT2D eigenvalue weighted by atomic mass is 10.9. The molecule has 0 saturated carbocycles. The molecular weight excluding hydrogens is 136 g/mol. The fourth-order valence-corrected chi connectivity index (χ4v) is 0.964. The van der Waals surface area contributed by atoms with Crippen molar-refractivity contribution < 1.29 is 5.11 Å². The second kappa shape index (κ2) is 2.31. The Hall–Kier alpha value is -0.640. The average Bonchev–Trinajstić information content (AvgIpc) is 2.13. The second-order valence-corrected chi connectivity index (χ2v) is 2.52. The molecule has 0 radical (unpaired) electrons. The molecule has 9 heavy (non-hydrogen) atoms. The van der Waals surface area contributed by atoms with Crippen LogP contribution in [-0.2, 0) is 7.05 Å². The molecule has 0 aliphatic carbocycles. The number of hydrogen-bond donors (Lipinski definition) is 1. The van der Waals surface area contributed by atoms with Crippen LogP contribution in [0.15, 0.2) is 11.2 Å². The Balaban J connectivity index is 2.98. The maximum Gasteiger partial charge on any atom is 0.294 e. The lowest BCUT2D eigenvalue weighted by Gasteiger charge is -1.85. The maximum absolute atomic E-state index is 8.91. The maximum atomic E-state index is 8.91. The Kier molecular flexibility index (Phi) is 1.66. The normalized spacial score (nSPS) is 10.0. The third kappa shape index (κ3) is 1.18. The summed E-state index contributed by atoms with van der Waals surface area (Å²) < 4.78 is 1.58. The third-order valence-electron chi connectivity index (χ3n) is 1.04. The molecular formula is C5H8N2OS. The van der Waals surface area contributed by atoms with Crippen LogP contribution in [0, 0.1) is 0 Å². The average molecular weight is 144 g/mol. The first-order valence-corrected chi connectivity index (χ1v) is 3.73. The Labute approximate surface area is 57.7 Å². The number of thioether (sulfide) groups is 1. The van der Waals surface area contributed by atoms with Crippen molar-refractivity contribution in [3.05, 3.63) is 6.20 Å². The number of rotatable bonds is 1. The van der Waals surface area contributed by atoms with Crippen LogP contribution in [0.1, 0.15) is 0 Å². The van der Waals surface area contributed by atoms with E-state index in [0.717, 1.165) is 5.03 Å². The van der Waals surface area contributed by atoms with Crippen molar-refractivity contribution in [2.75, 3.05) is 6.26 Å². The summed E-state index contributed by atoms with van der Waals surface area (Å²) in [6.45, 7) is 0. The first-order valence-electron chi connectivity index (χ1n) is 2.50. The molecule has 0 atom stereocenters. The van der Waals surface area contributed by atoms with E-state index in [0.29, 0.717) is 0 Å². The van der Waals surface area contributed by atoms with Crippen molar-refractivity contribution in [3.63, 3.8) is 0 Å². The predicted octanol–water partition coefficient (Wildman–Crippen LogP) is 0.848. The van der Waals surface area contributed by atoms with Gasteiger partial charge in [0.1, 0.15) is 5.03 Å². The molecule has 1 heterocycles. The van der Waals surface area contributed by atoms with Crippen molar-refractivity contribution in [1.82, 2.24) is 9.55 Å². The zero-order chi connectivity index (χ0) is 6.85. The van der Waals surface area contributed by atoms with Gasteiger partial charge in [-0.3, -0.25) is 0 Å². The first-order chi connectivity index (χ1) is 4.24. The van der Waals surface area contributed by atoms with Gasteiger partial charge in [0.2, 0.25) is 0 Å². The molecule has 1 aromatic heterocycles. The van der Waals surface area contributed by atoms with E-state index < -0.39 is 0 Å². The van der Waals surface area contributed by atoms with Gasteiger partial charge in [-0.1, -0.05) is 0 Å². The predicted molar refractivity (Wildman–Crippen MR) is 36.7 cm³/mol. The molecule has 0 saturated heterocycles. The van der Waals surface area contributed by atoms with Crippen LogP contribution in [0.5, 0.6) is 6.01 Å². The first kappa shape index (κ1) is 6.48. The van der Waals surface area contributed by atoms with E-state index in [1.807, 2.05) is 6.26 Å². The molecule has 0 aliphatic heterocycles. The van der Waals surface area contributed by atoms with E-state index in [-0.39, 0.29) is 6.01 Å². The van der Waals surface area contributed by atoms with Gasteiger partial charge in [0.05, 0.1) is 0 Å². The van der Waals surface area contributed by atoms with Crippen LogP contribution in [-0.4, -0.2) is 20.9 Å². The van der Waals surface area contributed by atoms with Crippen molar-refractivity contribution in [2.24, 2.45) is 7.05 Å². The summed E-state index contributed by atoms with van der Waals surface area (Å²) in [4.78, 5) is 3.81. The lowest BCUT2D eigenvalue weighted by Crippen LogP contribution is -1.81. The summed E-state index contributed by atoms with van der Waals surface area (Å²) >= 11 is 1.51. The van der Waals surface area contributed by atoms with Gasteiger partial charge in [-0.2, -0.15) is 4.98 Å². The van der Waals surface area contributed by atoms with Crippen molar-refractivity contribution in [1.29, 1.82) is 0 Å². The summed E-state index contributed by atoms with van der Waals surface area (Å²) in [6.07, 6.45) is 3.70. The molecule has 0 aromatic carbocycles. The molecule has 0 unspecified atom stereocenters. The van der Waals surface area contributed by atoms with E-state index in [1.165, 1.54) is 11.8 Å². The molecule has 1 N–H and O–H groups in total. The topological polar surface area (TPSA) is 38.0 Å². The zero-order valence-corrected chi connectivity index (χ0v) is 6.14. The molecule has 4 heteroatoms. The standard InChI is InChI=1S/C5H8N2OS/c1-7-3-4(9-2)6-5(7)8/h3H,1-2H3,(H,6,8). The zero-order valence-electron chi connectivity index (χ0n) is 5.33. The minimum atomic E-state index is 0.0688. The van der Waals surface area contributed by atoms with Gasteiger partial charge in [-0.05, 0) is 6.26 Å². The van der Waals surface area contributed by atoms with E-state index in [2.05, 4.69) is 4.98 Å². The molecule has 3 nitrogen and oxygen atoms in total. The van der Waals surface area contributed by atoms with E-state index in [1.54, 1.807) is 17.8 Å². The number of imidazole rings is 1. The van der Waals surface area contributed by atoms with Crippen molar-refractivity contribution in [3.8, 4) is 6.01 Å². The lowest BCUT2D eigenvalue weighted by molar-refractivity contribution is 0.411. The SMILES string of the molecule is CSc1cn(C)c(O)n1. The van der Waals surface area contributed by atoms with Gasteiger partial charge in [0.15, 0.2) is 0 Å². The molecule has 0 spiro atoms. The minimum absolute atomic E-state index is 0.0688. The van der Waals surface area contributed by atoms with Gasteiger partial charge < -0.3 is 9.67 Å². The molecule has 0 amide bonds. The summed E-state index contributed by atoms with van der Waals surface area (Å²) in [5.41, 5.74) is 0. The van der Waals surface area contributed by atoms with Crippen LogP contribution in [0.25, 0.3) is 0 Å². The second-order valence-electron chi connectivity index (χ2n) is 1.69. The highest BCUT2D eigenvalue weighted by Gasteiger charge is 1.99. The molecule has 50 valence electrons. The highest BCUT2D eigenvalue weighted by Crippen LogP contribution is 2.15. The molecule has 1 aromatic rings. The Morgan fingerprint density at radius 2 is 2.44 bits per heavy atom. The van der Waals surface area contributed by atoms with Gasteiger partial charge in [-0.25, -0.2) is 0 Å². The molecule has 0 fully saturated rings. The van der Waals surface area contributed by atoms with Crippen LogP contribution < -0.4 is 0 Å².